The van der Waals surface area contributed by atoms with Crippen LogP contribution in [0.3, 0.4) is 0 Å². The van der Waals surface area contributed by atoms with Gasteiger partial charge in [0, 0.05) is 13.1 Å². The van der Waals surface area contributed by atoms with Crippen LogP contribution in [0.4, 0.5) is 0 Å². The maximum Gasteiger partial charge on any atom is 0.184 e. The van der Waals surface area contributed by atoms with Crippen LogP contribution in [0.2, 0.25) is 0 Å². The van der Waals surface area contributed by atoms with Gasteiger partial charge in [-0.15, -0.1) is 0 Å². The summed E-state index contributed by atoms with van der Waals surface area (Å²) < 4.78 is 0. The highest BCUT2D eigenvalue weighted by molar-refractivity contribution is 7.80. The Balaban J connectivity index is 2.32. The van der Waals surface area contributed by atoms with E-state index in [0.717, 1.165) is 25.9 Å². The lowest BCUT2D eigenvalue weighted by molar-refractivity contribution is 0.467. The van der Waals surface area contributed by atoms with Crippen LogP contribution in [-0.2, 0) is 0 Å². The van der Waals surface area contributed by atoms with Crippen molar-refractivity contribution < 1.29 is 5.11 Å². The van der Waals surface area contributed by atoms with E-state index in [1.54, 1.807) is 12.1 Å². The van der Waals surface area contributed by atoms with Crippen LogP contribution in [0.1, 0.15) is 18.4 Å². The van der Waals surface area contributed by atoms with Crippen LogP contribution in [0.25, 0.3) is 0 Å². The third-order valence-corrected chi connectivity index (χ3v) is 2.91. The van der Waals surface area contributed by atoms with Crippen LogP contribution < -0.4 is 11.2 Å². The first-order valence-electron chi connectivity index (χ1n) is 5.85. The number of thiocarbonyl (C=S) groups is 1. The summed E-state index contributed by atoms with van der Waals surface area (Å²) in [6.45, 7) is 1.85. The number of para-hydroxylation sites is 1. The van der Waals surface area contributed by atoms with Gasteiger partial charge < -0.3 is 15.7 Å². The second-order valence-corrected chi connectivity index (χ2v) is 4.56. The number of benzene rings is 1. The van der Waals surface area contributed by atoms with Crippen molar-refractivity contribution in [3.63, 3.8) is 0 Å². The van der Waals surface area contributed by atoms with Crippen molar-refractivity contribution in [2.75, 3.05) is 13.1 Å². The molecule has 2 rings (SSSR count). The molecular weight excluding hydrogens is 248 g/mol. The molecule has 6 heteroatoms. The highest BCUT2D eigenvalue weighted by atomic mass is 32.1. The summed E-state index contributed by atoms with van der Waals surface area (Å²) in [4.78, 5) is 2.11. The average Bonchev–Trinajstić information content (AvgIpc) is 2.85. The molecule has 1 aromatic carbocycles. The summed E-state index contributed by atoms with van der Waals surface area (Å²) in [7, 11) is 0. The van der Waals surface area contributed by atoms with Crippen molar-refractivity contribution in [3.8, 4) is 5.75 Å². The van der Waals surface area contributed by atoms with E-state index in [0.29, 0.717) is 11.4 Å². The van der Waals surface area contributed by atoms with Crippen molar-refractivity contribution >= 4 is 23.2 Å². The van der Waals surface area contributed by atoms with Crippen LogP contribution in [0, 0.1) is 0 Å². The van der Waals surface area contributed by atoms with Gasteiger partial charge in [0.1, 0.15) is 5.75 Å². The molecule has 0 radical (unpaired) electrons. The van der Waals surface area contributed by atoms with Crippen molar-refractivity contribution in [1.82, 2.24) is 10.3 Å². The van der Waals surface area contributed by atoms with E-state index in [1.165, 1.54) is 0 Å². The van der Waals surface area contributed by atoms with Crippen LogP contribution in [-0.4, -0.2) is 34.0 Å². The highest BCUT2D eigenvalue weighted by Crippen LogP contribution is 2.21. The third kappa shape index (κ3) is 2.89. The van der Waals surface area contributed by atoms with Crippen LogP contribution >= 0.6 is 12.2 Å². The molecule has 96 valence electrons. The van der Waals surface area contributed by atoms with Crippen molar-refractivity contribution in [2.24, 2.45) is 10.8 Å². The lowest BCUT2D eigenvalue weighted by Crippen LogP contribution is -2.33. The van der Waals surface area contributed by atoms with Gasteiger partial charge in [0.05, 0.1) is 5.56 Å². The lowest BCUT2D eigenvalue weighted by Gasteiger charge is -2.20. The Hall–Kier alpha value is -1.82. The SMILES string of the molecule is NC(=S)N/N=C(/c1ccccc1O)N1CCCC1. The van der Waals surface area contributed by atoms with E-state index >= 15 is 0 Å². The fourth-order valence-electron chi connectivity index (χ4n) is 2.00. The predicted molar refractivity (Wildman–Crippen MR) is 75.4 cm³/mol. The Morgan fingerprint density at radius 2 is 2.00 bits per heavy atom. The molecule has 1 heterocycles. The van der Waals surface area contributed by atoms with E-state index in [9.17, 15) is 5.11 Å². The molecule has 1 aliphatic heterocycles. The molecule has 1 fully saturated rings. The minimum Gasteiger partial charge on any atom is -0.507 e. The summed E-state index contributed by atoms with van der Waals surface area (Å²) >= 11 is 4.75. The van der Waals surface area contributed by atoms with Crippen molar-refractivity contribution in [1.29, 1.82) is 0 Å². The Labute approximate surface area is 111 Å². The molecule has 0 unspecified atom stereocenters. The highest BCUT2D eigenvalue weighted by Gasteiger charge is 2.20. The molecule has 0 atom stereocenters. The normalized spacial score (nSPS) is 15.8. The Morgan fingerprint density at radius 3 is 2.61 bits per heavy atom. The molecule has 0 saturated carbocycles. The van der Waals surface area contributed by atoms with E-state index in [1.807, 2.05) is 12.1 Å². The first-order valence-corrected chi connectivity index (χ1v) is 6.26. The number of hydrogen-bond acceptors (Lipinski definition) is 3. The number of phenolic OH excluding ortho intramolecular Hbond substituents is 1. The molecule has 18 heavy (non-hydrogen) atoms. The van der Waals surface area contributed by atoms with Gasteiger partial charge in [-0.05, 0) is 37.2 Å². The van der Waals surface area contributed by atoms with Crippen LogP contribution in [0.15, 0.2) is 29.4 Å². The second kappa shape index (κ2) is 5.68. The minimum atomic E-state index is 0.113. The molecule has 0 amide bonds. The van der Waals surface area contributed by atoms with E-state index in [-0.39, 0.29) is 10.9 Å². The number of amidine groups is 1. The van der Waals surface area contributed by atoms with E-state index in [4.69, 9.17) is 18.0 Å². The second-order valence-electron chi connectivity index (χ2n) is 4.12. The molecule has 4 N–H and O–H groups in total. The number of rotatable bonds is 2. The zero-order chi connectivity index (χ0) is 13.0. The smallest absolute Gasteiger partial charge is 0.184 e. The van der Waals surface area contributed by atoms with Gasteiger partial charge in [-0.2, -0.15) is 5.10 Å². The quantitative estimate of drug-likeness (QED) is 0.321. The van der Waals surface area contributed by atoms with Gasteiger partial charge in [-0.1, -0.05) is 12.1 Å². The Kier molecular flexibility index (Phi) is 3.99. The van der Waals surface area contributed by atoms with E-state index < -0.39 is 0 Å². The first-order chi connectivity index (χ1) is 8.68. The van der Waals surface area contributed by atoms with Crippen molar-refractivity contribution in [3.05, 3.63) is 29.8 Å². The van der Waals surface area contributed by atoms with Gasteiger partial charge >= 0.3 is 0 Å². The van der Waals surface area contributed by atoms with Crippen LogP contribution in [0.5, 0.6) is 5.75 Å². The van der Waals surface area contributed by atoms with Gasteiger partial charge in [-0.3, -0.25) is 5.43 Å². The molecule has 1 aliphatic rings. The molecule has 0 spiro atoms. The van der Waals surface area contributed by atoms with E-state index in [2.05, 4.69) is 15.4 Å². The standard InChI is InChI=1S/C12H16N4OS/c13-12(18)15-14-11(16-7-3-4-8-16)9-5-1-2-6-10(9)17/h1-2,5-6,17H,3-4,7-8H2,(H3,13,15,18)/b14-11-. The topological polar surface area (TPSA) is 73.9 Å². The third-order valence-electron chi connectivity index (χ3n) is 2.82. The fraction of sp³-hybridized carbons (Fsp3) is 0.333. The number of nitrogens with one attached hydrogen (secondary N) is 1. The molecular formula is C12H16N4OS. The summed E-state index contributed by atoms with van der Waals surface area (Å²) in [5.74, 6) is 0.881. The predicted octanol–water partition coefficient (Wildman–Crippen LogP) is 0.983. The molecule has 0 bridgehead atoms. The average molecular weight is 264 g/mol. The number of hydrazone groups is 1. The summed E-state index contributed by atoms with van der Waals surface area (Å²) in [5, 5.41) is 14.2. The van der Waals surface area contributed by atoms with Gasteiger partial charge in [0.2, 0.25) is 0 Å². The monoisotopic (exact) mass is 264 g/mol. The summed E-state index contributed by atoms with van der Waals surface area (Å²) in [5.41, 5.74) is 8.66. The van der Waals surface area contributed by atoms with Gasteiger partial charge in [0.25, 0.3) is 0 Å². The first kappa shape index (κ1) is 12.6. The van der Waals surface area contributed by atoms with Gasteiger partial charge in [0.15, 0.2) is 10.9 Å². The van der Waals surface area contributed by atoms with Gasteiger partial charge in [-0.25, -0.2) is 0 Å². The minimum absolute atomic E-state index is 0.113. The maximum absolute atomic E-state index is 9.91. The lowest BCUT2D eigenvalue weighted by atomic mass is 10.1. The number of phenols is 1. The fourth-order valence-corrected chi connectivity index (χ4v) is 2.05. The molecule has 0 aliphatic carbocycles. The number of aromatic hydroxyl groups is 1. The largest absolute Gasteiger partial charge is 0.507 e. The zero-order valence-electron chi connectivity index (χ0n) is 9.97. The summed E-state index contributed by atoms with van der Waals surface area (Å²) in [6.07, 6.45) is 2.25. The Morgan fingerprint density at radius 1 is 1.33 bits per heavy atom. The molecule has 0 aromatic heterocycles. The molecule has 1 aromatic rings. The molecule has 5 nitrogen and oxygen atoms in total. The molecule has 1 saturated heterocycles. The zero-order valence-corrected chi connectivity index (χ0v) is 10.8. The number of hydrogen-bond donors (Lipinski definition) is 3. The summed E-state index contributed by atoms with van der Waals surface area (Å²) in [6, 6.07) is 7.11. The number of likely N-dealkylation sites (tertiary alicyclic amines) is 1. The number of nitrogens with zero attached hydrogens (tertiary/aromatic N) is 2. The van der Waals surface area contributed by atoms with Crippen molar-refractivity contribution in [2.45, 2.75) is 12.8 Å². The Bertz CT molecular complexity index is 469. The maximum atomic E-state index is 9.91. The number of nitrogens with two attached hydrogens (primary N) is 1.